The molecule has 4 nitrogen and oxygen atoms in total. The van der Waals surface area contributed by atoms with Gasteiger partial charge in [-0.15, -0.1) is 22.7 Å². The molecule has 6 heteroatoms. The van der Waals surface area contributed by atoms with Gasteiger partial charge in [-0.2, -0.15) is 0 Å². The number of aryl methyl sites for hydroxylation is 1. The topological polar surface area (TPSA) is 55.4 Å². The minimum atomic E-state index is -0.379. The maximum Gasteiger partial charge on any atom is 0.336 e. The first-order valence-electron chi connectivity index (χ1n) is 8.91. The van der Waals surface area contributed by atoms with Crippen molar-refractivity contribution in [2.24, 2.45) is 0 Å². The maximum absolute atomic E-state index is 13.2. The molecule has 0 bridgehead atoms. The molecule has 0 fully saturated rings. The van der Waals surface area contributed by atoms with Crippen molar-refractivity contribution in [2.75, 3.05) is 7.11 Å². The molecule has 0 radical (unpaired) electrons. The molecule has 2 aromatic rings. The van der Waals surface area contributed by atoms with Gasteiger partial charge in [-0.1, -0.05) is 6.07 Å². The molecule has 3 heterocycles. The number of nitrogens with one attached hydrogen (secondary N) is 1. The van der Waals surface area contributed by atoms with E-state index in [9.17, 15) is 9.59 Å². The van der Waals surface area contributed by atoms with E-state index in [1.54, 1.807) is 22.7 Å². The third kappa shape index (κ3) is 3.17. The Morgan fingerprint density at radius 3 is 2.63 bits per heavy atom. The largest absolute Gasteiger partial charge is 0.466 e. The number of esters is 1. The van der Waals surface area contributed by atoms with E-state index in [-0.39, 0.29) is 23.6 Å². The minimum Gasteiger partial charge on any atom is -0.466 e. The number of hydrogen-bond donors (Lipinski definition) is 1. The molecule has 2 aromatic heterocycles. The molecule has 0 aromatic carbocycles. The first kappa shape index (κ1) is 18.2. The van der Waals surface area contributed by atoms with Gasteiger partial charge < -0.3 is 10.1 Å². The first-order chi connectivity index (χ1) is 13.0. The Morgan fingerprint density at radius 1 is 1.19 bits per heavy atom. The van der Waals surface area contributed by atoms with Crippen LogP contribution in [0.1, 0.15) is 46.2 Å². The van der Waals surface area contributed by atoms with Crippen LogP contribution in [0, 0.1) is 6.92 Å². The van der Waals surface area contributed by atoms with Gasteiger partial charge in [0.2, 0.25) is 0 Å². The fourth-order valence-corrected chi connectivity index (χ4v) is 5.87. The summed E-state index contributed by atoms with van der Waals surface area (Å²) in [6, 6.07) is 8.18. The summed E-state index contributed by atoms with van der Waals surface area (Å²) in [6.45, 7) is 3.93. The lowest BCUT2D eigenvalue weighted by molar-refractivity contribution is -0.136. The second-order valence-corrected chi connectivity index (χ2v) is 9.27. The average molecular weight is 400 g/mol. The van der Waals surface area contributed by atoms with Crippen molar-refractivity contribution in [3.8, 4) is 0 Å². The lowest BCUT2D eigenvalue weighted by Crippen LogP contribution is -2.35. The number of rotatable bonds is 3. The van der Waals surface area contributed by atoms with Gasteiger partial charge in [-0.05, 0) is 43.8 Å². The van der Waals surface area contributed by atoms with Crippen LogP contribution in [0.2, 0.25) is 0 Å². The minimum absolute atomic E-state index is 0.118. The fourth-order valence-electron chi connectivity index (χ4n) is 4.04. The van der Waals surface area contributed by atoms with Gasteiger partial charge in [0.1, 0.15) is 0 Å². The molecule has 0 spiro atoms. The number of carbonyl (C=O) groups excluding carboxylic acids is 2. The number of carbonyl (C=O) groups is 2. The molecule has 0 saturated carbocycles. The highest BCUT2D eigenvalue weighted by Crippen LogP contribution is 2.47. The highest BCUT2D eigenvalue weighted by molar-refractivity contribution is 7.12. The molecule has 2 atom stereocenters. The summed E-state index contributed by atoms with van der Waals surface area (Å²) < 4.78 is 5.05. The van der Waals surface area contributed by atoms with Crippen LogP contribution in [0.25, 0.3) is 0 Å². The van der Waals surface area contributed by atoms with Crippen LogP contribution in [0.3, 0.4) is 0 Å². The van der Waals surface area contributed by atoms with E-state index in [0.717, 1.165) is 33.1 Å². The van der Waals surface area contributed by atoms with Crippen LogP contribution < -0.4 is 5.32 Å². The summed E-state index contributed by atoms with van der Waals surface area (Å²) in [6.07, 6.45) is 1.27. The van der Waals surface area contributed by atoms with Gasteiger partial charge in [-0.25, -0.2) is 4.79 Å². The van der Waals surface area contributed by atoms with Crippen molar-refractivity contribution in [1.29, 1.82) is 0 Å². The van der Waals surface area contributed by atoms with E-state index in [4.69, 9.17) is 4.74 Å². The fraction of sp³-hybridized carbons (Fsp3) is 0.333. The normalized spacial score (nSPS) is 22.6. The van der Waals surface area contributed by atoms with Gasteiger partial charge in [0.15, 0.2) is 5.78 Å². The number of allylic oxidation sites excluding steroid dienone is 3. The molecule has 0 amide bonds. The Labute approximate surface area is 166 Å². The smallest absolute Gasteiger partial charge is 0.336 e. The quantitative estimate of drug-likeness (QED) is 0.763. The predicted molar refractivity (Wildman–Crippen MR) is 108 cm³/mol. The molecule has 140 valence electrons. The number of methoxy groups -OCH3 is 1. The third-order valence-electron chi connectivity index (χ3n) is 5.22. The van der Waals surface area contributed by atoms with Crippen molar-refractivity contribution in [1.82, 2.24) is 5.32 Å². The van der Waals surface area contributed by atoms with Crippen LogP contribution in [0.4, 0.5) is 0 Å². The Hall–Kier alpha value is -2.18. The second kappa shape index (κ2) is 7.09. The van der Waals surface area contributed by atoms with E-state index >= 15 is 0 Å². The van der Waals surface area contributed by atoms with E-state index in [1.165, 1.54) is 12.0 Å². The zero-order chi connectivity index (χ0) is 19.1. The molecule has 27 heavy (non-hydrogen) atoms. The van der Waals surface area contributed by atoms with Crippen molar-refractivity contribution in [2.45, 2.75) is 38.5 Å². The summed E-state index contributed by atoms with van der Waals surface area (Å²) in [7, 11) is 1.39. The van der Waals surface area contributed by atoms with Gasteiger partial charge >= 0.3 is 5.97 Å². The van der Waals surface area contributed by atoms with Gasteiger partial charge in [0.05, 0.1) is 18.6 Å². The lowest BCUT2D eigenvalue weighted by atomic mass is 9.74. The molecule has 4 rings (SSSR count). The van der Waals surface area contributed by atoms with E-state index in [0.29, 0.717) is 12.0 Å². The highest BCUT2D eigenvalue weighted by atomic mass is 32.1. The molecular formula is C21H21NO3S2. The summed E-state index contributed by atoms with van der Waals surface area (Å²) in [5, 5.41) is 5.41. The number of ketones is 1. The molecular weight excluding hydrogens is 378 g/mol. The summed E-state index contributed by atoms with van der Waals surface area (Å²) in [5.41, 5.74) is 3.00. The van der Waals surface area contributed by atoms with Crippen LogP contribution in [-0.4, -0.2) is 18.9 Å². The van der Waals surface area contributed by atoms with Crippen LogP contribution in [-0.2, 0) is 14.3 Å². The van der Waals surface area contributed by atoms with Crippen molar-refractivity contribution in [3.05, 3.63) is 66.8 Å². The SMILES string of the molecule is COC(=O)C1=C(C)NC2=C(C(=O)C[C@@H](c3cccs3)C2)[C@@H]1c1ccc(C)s1. The molecule has 2 aliphatic rings. The maximum atomic E-state index is 13.2. The van der Waals surface area contributed by atoms with Crippen molar-refractivity contribution >= 4 is 34.4 Å². The summed E-state index contributed by atoms with van der Waals surface area (Å²) in [5.74, 6) is -0.408. The van der Waals surface area contributed by atoms with E-state index < -0.39 is 0 Å². The first-order valence-corrected chi connectivity index (χ1v) is 10.6. The number of ether oxygens (including phenoxy) is 1. The molecule has 0 unspecified atom stereocenters. The zero-order valence-corrected chi connectivity index (χ0v) is 17.1. The molecule has 0 saturated heterocycles. The van der Waals surface area contributed by atoms with E-state index in [1.807, 2.05) is 32.0 Å². The standard InChI is InChI=1S/C21H21NO3S2/c1-11-6-7-17(27-11)20-18(21(24)25-3)12(2)22-14-9-13(10-15(23)19(14)20)16-5-4-8-26-16/h4-8,13,20,22H,9-10H2,1-3H3/t13-,20+/m0/s1. The second-order valence-electron chi connectivity index (χ2n) is 6.97. The Kier molecular flexibility index (Phi) is 4.78. The van der Waals surface area contributed by atoms with Gasteiger partial charge in [-0.3, -0.25) is 4.79 Å². The monoisotopic (exact) mass is 399 g/mol. The zero-order valence-electron chi connectivity index (χ0n) is 15.5. The molecule has 1 aliphatic heterocycles. The Bertz CT molecular complexity index is 965. The Balaban J connectivity index is 1.81. The Morgan fingerprint density at radius 2 is 2.00 bits per heavy atom. The average Bonchev–Trinajstić information content (AvgIpc) is 3.31. The molecule has 1 aliphatic carbocycles. The van der Waals surface area contributed by atoms with Gasteiger partial charge in [0, 0.05) is 43.9 Å². The summed E-state index contributed by atoms with van der Waals surface area (Å²) in [4.78, 5) is 29.2. The van der Waals surface area contributed by atoms with Crippen molar-refractivity contribution < 1.29 is 14.3 Å². The van der Waals surface area contributed by atoms with Gasteiger partial charge in [0.25, 0.3) is 0 Å². The third-order valence-corrected chi connectivity index (χ3v) is 7.32. The number of Topliss-reactive ketones (excluding diaryl/α,β-unsaturated/α-hetero) is 1. The predicted octanol–water partition coefficient (Wildman–Crippen LogP) is 4.65. The van der Waals surface area contributed by atoms with Crippen LogP contribution >= 0.6 is 22.7 Å². The number of dihydropyridines is 1. The van der Waals surface area contributed by atoms with Crippen LogP contribution in [0.5, 0.6) is 0 Å². The lowest BCUT2D eigenvalue weighted by Gasteiger charge is -2.35. The van der Waals surface area contributed by atoms with E-state index in [2.05, 4.69) is 16.8 Å². The highest BCUT2D eigenvalue weighted by Gasteiger charge is 2.41. The number of thiophene rings is 2. The van der Waals surface area contributed by atoms with Crippen LogP contribution in [0.15, 0.2) is 52.2 Å². The number of hydrogen-bond acceptors (Lipinski definition) is 6. The van der Waals surface area contributed by atoms with Crippen molar-refractivity contribution in [3.63, 3.8) is 0 Å². The summed E-state index contributed by atoms with van der Waals surface area (Å²) >= 11 is 3.32. The molecule has 1 N–H and O–H groups in total.